The number of benzene rings is 1. The summed E-state index contributed by atoms with van der Waals surface area (Å²) >= 11 is 2.74. The van der Waals surface area contributed by atoms with Crippen LogP contribution in [0.3, 0.4) is 0 Å². The van der Waals surface area contributed by atoms with Crippen molar-refractivity contribution in [3.8, 4) is 0 Å². The lowest BCUT2D eigenvalue weighted by Gasteiger charge is -2.16. The number of rotatable bonds is 8. The van der Waals surface area contributed by atoms with Crippen LogP contribution in [0.2, 0.25) is 0 Å². The molecule has 1 unspecified atom stereocenters. The minimum Gasteiger partial charge on any atom is -0.467 e. The second-order valence-corrected chi connectivity index (χ2v) is 9.49. The lowest BCUT2D eigenvalue weighted by molar-refractivity contribution is -0.120. The second-order valence-electron chi connectivity index (χ2n) is 7.15. The van der Waals surface area contributed by atoms with Gasteiger partial charge in [-0.15, -0.1) is 11.3 Å². The molecule has 0 aliphatic carbocycles. The summed E-state index contributed by atoms with van der Waals surface area (Å²) in [7, 11) is 1.29. The largest absolute Gasteiger partial charge is 0.467 e. The number of nitrogens with zero attached hydrogens (tertiary/aromatic N) is 2. The molecule has 1 aromatic carbocycles. The standard InChI is InChI=1S/C23H21N3O5S2/c1-14(20(27)24-12-17-6-4-10-32-17)33-23-25-19-11-15(22(29)30-2)7-8-18(19)21(28)26(23)13-16-5-3-9-31-16/h3-11,14H,12-13H2,1-2H3,(H,24,27). The van der Waals surface area contributed by atoms with Gasteiger partial charge in [-0.05, 0) is 48.7 Å². The van der Waals surface area contributed by atoms with Crippen molar-refractivity contribution in [3.63, 3.8) is 0 Å². The third-order valence-corrected chi connectivity index (χ3v) is 6.87. The molecule has 8 nitrogen and oxygen atoms in total. The van der Waals surface area contributed by atoms with Crippen molar-refractivity contribution in [2.45, 2.75) is 30.4 Å². The normalized spacial score (nSPS) is 11.9. The van der Waals surface area contributed by atoms with Gasteiger partial charge in [0, 0.05) is 4.88 Å². The van der Waals surface area contributed by atoms with Gasteiger partial charge in [-0.1, -0.05) is 17.8 Å². The molecule has 170 valence electrons. The summed E-state index contributed by atoms with van der Waals surface area (Å²) in [5.74, 6) is -0.106. The van der Waals surface area contributed by atoms with E-state index >= 15 is 0 Å². The Morgan fingerprint density at radius 2 is 2.12 bits per heavy atom. The smallest absolute Gasteiger partial charge is 0.337 e. The number of hydrogen-bond acceptors (Lipinski definition) is 8. The zero-order chi connectivity index (χ0) is 23.4. The van der Waals surface area contributed by atoms with Crippen LogP contribution in [0, 0.1) is 0 Å². The average Bonchev–Trinajstić information content (AvgIpc) is 3.53. The van der Waals surface area contributed by atoms with Crippen molar-refractivity contribution in [2.75, 3.05) is 7.11 Å². The zero-order valence-electron chi connectivity index (χ0n) is 17.9. The van der Waals surface area contributed by atoms with E-state index in [1.165, 1.54) is 41.8 Å². The Bertz CT molecular complexity index is 1330. The Balaban J connectivity index is 1.67. The highest BCUT2D eigenvalue weighted by atomic mass is 32.2. The zero-order valence-corrected chi connectivity index (χ0v) is 19.6. The van der Waals surface area contributed by atoms with Crippen LogP contribution >= 0.6 is 23.1 Å². The number of carbonyl (C=O) groups is 2. The molecular weight excluding hydrogens is 462 g/mol. The van der Waals surface area contributed by atoms with Crippen molar-refractivity contribution < 1.29 is 18.7 Å². The van der Waals surface area contributed by atoms with Gasteiger partial charge >= 0.3 is 5.97 Å². The second kappa shape index (κ2) is 10.1. The molecule has 0 aliphatic rings. The number of hydrogen-bond donors (Lipinski definition) is 1. The van der Waals surface area contributed by atoms with Crippen molar-refractivity contribution >= 4 is 45.9 Å². The summed E-state index contributed by atoms with van der Waals surface area (Å²) in [6.07, 6.45) is 1.53. The van der Waals surface area contributed by atoms with E-state index in [-0.39, 0.29) is 18.0 Å². The van der Waals surface area contributed by atoms with Crippen LogP contribution in [-0.4, -0.2) is 33.8 Å². The molecular formula is C23H21N3O5S2. The number of aromatic nitrogens is 2. The Hall–Kier alpha value is -3.37. The summed E-state index contributed by atoms with van der Waals surface area (Å²) in [6, 6.07) is 12.0. The number of fused-ring (bicyclic) bond motifs is 1. The first-order chi connectivity index (χ1) is 16.0. The van der Waals surface area contributed by atoms with Crippen LogP contribution in [0.5, 0.6) is 0 Å². The van der Waals surface area contributed by atoms with Gasteiger partial charge in [-0.25, -0.2) is 9.78 Å². The first-order valence-electron chi connectivity index (χ1n) is 10.1. The fourth-order valence-electron chi connectivity index (χ4n) is 3.18. The predicted octanol–water partition coefficient (Wildman–Crippen LogP) is 3.68. The molecule has 0 aliphatic heterocycles. The summed E-state index contributed by atoms with van der Waals surface area (Å²) in [6.45, 7) is 2.36. The van der Waals surface area contributed by atoms with Gasteiger partial charge in [-0.2, -0.15) is 0 Å². The summed E-state index contributed by atoms with van der Waals surface area (Å²) < 4.78 is 11.7. The van der Waals surface area contributed by atoms with E-state index in [1.807, 2.05) is 17.5 Å². The minimum absolute atomic E-state index is 0.166. The van der Waals surface area contributed by atoms with Gasteiger partial charge < -0.3 is 14.5 Å². The topological polar surface area (TPSA) is 103 Å². The number of ether oxygens (including phenoxy) is 1. The molecule has 0 fully saturated rings. The number of amides is 1. The Morgan fingerprint density at radius 1 is 1.27 bits per heavy atom. The van der Waals surface area contributed by atoms with Crippen molar-refractivity contribution in [1.82, 2.24) is 14.9 Å². The van der Waals surface area contributed by atoms with Gasteiger partial charge in [0.25, 0.3) is 5.56 Å². The maximum absolute atomic E-state index is 13.3. The van der Waals surface area contributed by atoms with Gasteiger partial charge in [0.2, 0.25) is 5.91 Å². The fourth-order valence-corrected chi connectivity index (χ4v) is 4.75. The summed E-state index contributed by atoms with van der Waals surface area (Å²) in [5, 5.41) is 5.06. The molecule has 0 saturated heterocycles. The van der Waals surface area contributed by atoms with E-state index in [1.54, 1.807) is 36.5 Å². The van der Waals surface area contributed by atoms with E-state index in [2.05, 4.69) is 10.3 Å². The number of esters is 1. The number of nitrogens with one attached hydrogen (secondary N) is 1. The van der Waals surface area contributed by atoms with Gasteiger partial charge in [0.05, 0.1) is 48.2 Å². The first-order valence-corrected chi connectivity index (χ1v) is 11.8. The Kier molecular flexibility index (Phi) is 6.95. The summed E-state index contributed by atoms with van der Waals surface area (Å²) in [4.78, 5) is 43.6. The van der Waals surface area contributed by atoms with Crippen LogP contribution in [0.25, 0.3) is 10.9 Å². The number of carbonyl (C=O) groups excluding carboxylic acids is 2. The lowest BCUT2D eigenvalue weighted by atomic mass is 10.1. The maximum Gasteiger partial charge on any atom is 0.337 e. The van der Waals surface area contributed by atoms with Gasteiger partial charge in [0.1, 0.15) is 5.76 Å². The SMILES string of the molecule is COC(=O)c1ccc2c(=O)n(Cc3ccco3)c(SC(C)C(=O)NCc3cccs3)nc2c1. The molecule has 4 rings (SSSR count). The van der Waals surface area contributed by atoms with Crippen molar-refractivity contribution in [1.29, 1.82) is 0 Å². The third-order valence-electron chi connectivity index (χ3n) is 4.90. The van der Waals surface area contributed by atoms with Crippen LogP contribution < -0.4 is 10.9 Å². The molecule has 10 heteroatoms. The number of thiophene rings is 1. The van der Waals surface area contributed by atoms with Crippen LogP contribution in [0.4, 0.5) is 0 Å². The average molecular weight is 484 g/mol. The monoisotopic (exact) mass is 483 g/mol. The van der Waals surface area contributed by atoms with Crippen molar-refractivity contribution in [2.24, 2.45) is 0 Å². The highest BCUT2D eigenvalue weighted by Crippen LogP contribution is 2.24. The fraction of sp³-hybridized carbons (Fsp3) is 0.217. The quantitative estimate of drug-likeness (QED) is 0.232. The summed E-state index contributed by atoms with van der Waals surface area (Å²) in [5.41, 5.74) is 0.354. The number of methoxy groups -OCH3 is 1. The number of furan rings is 1. The van der Waals surface area contributed by atoms with E-state index in [0.29, 0.717) is 33.9 Å². The maximum atomic E-state index is 13.3. The molecule has 3 aromatic heterocycles. The van der Waals surface area contributed by atoms with Crippen molar-refractivity contribution in [3.05, 3.63) is 80.7 Å². The third kappa shape index (κ3) is 5.18. The van der Waals surface area contributed by atoms with E-state index in [4.69, 9.17) is 9.15 Å². The molecule has 3 heterocycles. The Morgan fingerprint density at radius 3 is 2.82 bits per heavy atom. The molecule has 33 heavy (non-hydrogen) atoms. The first kappa shape index (κ1) is 22.8. The molecule has 1 amide bonds. The molecule has 0 saturated carbocycles. The molecule has 0 bridgehead atoms. The van der Waals surface area contributed by atoms with Crippen LogP contribution in [0.15, 0.2) is 68.5 Å². The van der Waals surface area contributed by atoms with Crippen LogP contribution in [-0.2, 0) is 22.6 Å². The van der Waals surface area contributed by atoms with E-state index in [0.717, 1.165) is 4.88 Å². The van der Waals surface area contributed by atoms with Crippen LogP contribution in [0.1, 0.15) is 27.9 Å². The van der Waals surface area contributed by atoms with Gasteiger partial charge in [0.15, 0.2) is 5.16 Å². The molecule has 4 aromatic rings. The lowest BCUT2D eigenvalue weighted by Crippen LogP contribution is -2.31. The number of thioether (sulfide) groups is 1. The highest BCUT2D eigenvalue weighted by molar-refractivity contribution is 8.00. The molecule has 0 spiro atoms. The van der Waals surface area contributed by atoms with E-state index in [9.17, 15) is 14.4 Å². The minimum atomic E-state index is -0.519. The predicted molar refractivity (Wildman–Crippen MR) is 127 cm³/mol. The Labute approximate surface area is 197 Å². The van der Waals surface area contributed by atoms with E-state index < -0.39 is 11.2 Å². The molecule has 1 N–H and O–H groups in total. The highest BCUT2D eigenvalue weighted by Gasteiger charge is 2.21. The molecule has 1 atom stereocenters. The van der Waals surface area contributed by atoms with Gasteiger partial charge in [-0.3, -0.25) is 14.2 Å². The molecule has 0 radical (unpaired) electrons.